The van der Waals surface area contributed by atoms with E-state index in [1.54, 1.807) is 24.3 Å². The molecule has 0 bridgehead atoms. The minimum Gasteiger partial charge on any atom is -0.492 e. The molecule has 0 spiro atoms. The van der Waals surface area contributed by atoms with Gasteiger partial charge in [0, 0.05) is 18.7 Å². The van der Waals surface area contributed by atoms with E-state index in [0.717, 1.165) is 38.8 Å². The summed E-state index contributed by atoms with van der Waals surface area (Å²) in [7, 11) is 0. The van der Waals surface area contributed by atoms with Gasteiger partial charge in [0.05, 0.1) is 6.54 Å². The van der Waals surface area contributed by atoms with Gasteiger partial charge in [-0.2, -0.15) is 0 Å². The summed E-state index contributed by atoms with van der Waals surface area (Å²) < 4.78 is 5.58. The summed E-state index contributed by atoms with van der Waals surface area (Å²) in [5.41, 5.74) is 11.3. The van der Waals surface area contributed by atoms with Crippen LogP contribution < -0.4 is 32.2 Å². The van der Waals surface area contributed by atoms with Crippen LogP contribution in [0.4, 0.5) is 0 Å². The van der Waals surface area contributed by atoms with Crippen LogP contribution in [0.2, 0.25) is 0 Å². The second kappa shape index (κ2) is 14.1. The van der Waals surface area contributed by atoms with E-state index in [2.05, 4.69) is 16.0 Å². The van der Waals surface area contributed by atoms with Crippen LogP contribution in [0.15, 0.2) is 24.3 Å². The zero-order chi connectivity index (χ0) is 20.6. The summed E-state index contributed by atoms with van der Waals surface area (Å²) in [5, 5.41) is 31.1. The Labute approximate surface area is 167 Å². The standard InChI is InChI=1S/C19H34N8O/c20-17(21)15-7-9-16(10-8-15)28-14-13-27-19(24)26-12-6-4-2-1-3-5-11-25-18(22)23/h7-10H,1-6,11-14H2,(H3,20,21)(H4,22,23,25)(H3,24,26,27). The molecule has 0 unspecified atom stereocenters. The van der Waals surface area contributed by atoms with E-state index in [9.17, 15) is 0 Å². The molecule has 9 nitrogen and oxygen atoms in total. The summed E-state index contributed by atoms with van der Waals surface area (Å²) in [5.74, 6) is 1.10. The molecule has 28 heavy (non-hydrogen) atoms. The average Bonchev–Trinajstić information content (AvgIpc) is 2.66. The molecule has 156 valence electrons. The largest absolute Gasteiger partial charge is 0.492 e. The zero-order valence-corrected chi connectivity index (χ0v) is 16.4. The van der Waals surface area contributed by atoms with Gasteiger partial charge in [0.25, 0.3) is 0 Å². The first-order valence-corrected chi connectivity index (χ1v) is 9.70. The maximum Gasteiger partial charge on any atom is 0.188 e. The van der Waals surface area contributed by atoms with Gasteiger partial charge in [-0.05, 0) is 37.1 Å². The second-order valence-electron chi connectivity index (χ2n) is 6.48. The Morgan fingerprint density at radius 2 is 1.29 bits per heavy atom. The molecule has 0 heterocycles. The van der Waals surface area contributed by atoms with Crippen molar-refractivity contribution in [2.75, 3.05) is 26.2 Å². The van der Waals surface area contributed by atoms with Gasteiger partial charge >= 0.3 is 0 Å². The molecule has 1 aromatic carbocycles. The number of ether oxygens (including phenoxy) is 1. The first-order valence-electron chi connectivity index (χ1n) is 9.70. The minimum absolute atomic E-state index is 0.0368. The van der Waals surface area contributed by atoms with Crippen molar-refractivity contribution in [1.82, 2.24) is 16.0 Å². The normalized spacial score (nSPS) is 10.1. The molecular formula is C19H34N8O. The van der Waals surface area contributed by atoms with Crippen LogP contribution in [0, 0.1) is 16.2 Å². The number of nitrogens with two attached hydrogens (primary N) is 2. The molecule has 0 fully saturated rings. The lowest BCUT2D eigenvalue weighted by Gasteiger charge is -2.11. The lowest BCUT2D eigenvalue weighted by Crippen LogP contribution is -2.38. The summed E-state index contributed by atoms with van der Waals surface area (Å²) in [4.78, 5) is 0. The van der Waals surface area contributed by atoms with Crippen molar-refractivity contribution in [1.29, 1.82) is 16.2 Å². The Kier molecular flexibility index (Phi) is 11.6. The fourth-order valence-corrected chi connectivity index (χ4v) is 2.53. The molecule has 0 radical (unpaired) electrons. The molecule has 1 aromatic rings. The summed E-state index contributed by atoms with van der Waals surface area (Å²) in [6, 6.07) is 7.05. The Bertz CT molecular complexity index is 602. The van der Waals surface area contributed by atoms with E-state index in [1.165, 1.54) is 12.8 Å². The van der Waals surface area contributed by atoms with E-state index in [0.29, 0.717) is 30.4 Å². The van der Waals surface area contributed by atoms with E-state index in [-0.39, 0.29) is 11.8 Å². The maximum absolute atomic E-state index is 7.82. The van der Waals surface area contributed by atoms with Crippen LogP contribution in [0.1, 0.15) is 44.1 Å². The molecule has 0 aliphatic heterocycles. The first kappa shape index (κ1) is 23.1. The molecule has 10 N–H and O–H groups in total. The topological polar surface area (TPSA) is 169 Å². The highest BCUT2D eigenvalue weighted by Gasteiger charge is 1.99. The fourth-order valence-electron chi connectivity index (χ4n) is 2.53. The van der Waals surface area contributed by atoms with Gasteiger partial charge in [0.2, 0.25) is 0 Å². The SMILES string of the molecule is N=C(N)NCCCCCCCCNC(=N)NCCOc1ccc(C(=N)N)cc1. The van der Waals surface area contributed by atoms with Crippen LogP contribution in [0.5, 0.6) is 5.75 Å². The Morgan fingerprint density at radius 1 is 0.750 bits per heavy atom. The number of amidine groups is 1. The van der Waals surface area contributed by atoms with Gasteiger partial charge in [-0.15, -0.1) is 0 Å². The van der Waals surface area contributed by atoms with Crippen molar-refractivity contribution < 1.29 is 4.74 Å². The summed E-state index contributed by atoms with van der Waals surface area (Å²) in [6.07, 6.45) is 6.71. The van der Waals surface area contributed by atoms with E-state index < -0.39 is 0 Å². The van der Waals surface area contributed by atoms with E-state index in [4.69, 9.17) is 32.4 Å². The third-order valence-corrected chi connectivity index (χ3v) is 4.06. The zero-order valence-electron chi connectivity index (χ0n) is 16.4. The lowest BCUT2D eigenvalue weighted by molar-refractivity contribution is 0.322. The number of nitrogens with one attached hydrogen (secondary N) is 6. The molecule has 0 atom stereocenters. The molecule has 0 saturated heterocycles. The Morgan fingerprint density at radius 3 is 1.86 bits per heavy atom. The molecule has 0 saturated carbocycles. The summed E-state index contributed by atoms with van der Waals surface area (Å²) >= 11 is 0. The average molecular weight is 391 g/mol. The molecule has 0 aromatic heterocycles. The molecule has 0 amide bonds. The quantitative estimate of drug-likeness (QED) is 0.135. The highest BCUT2D eigenvalue weighted by atomic mass is 16.5. The lowest BCUT2D eigenvalue weighted by atomic mass is 10.1. The van der Waals surface area contributed by atoms with Crippen molar-refractivity contribution in [3.8, 4) is 5.75 Å². The van der Waals surface area contributed by atoms with E-state index in [1.807, 2.05) is 0 Å². The number of guanidine groups is 2. The number of benzene rings is 1. The maximum atomic E-state index is 7.82. The highest BCUT2D eigenvalue weighted by molar-refractivity contribution is 5.94. The van der Waals surface area contributed by atoms with Gasteiger partial charge in [0.1, 0.15) is 18.2 Å². The second-order valence-corrected chi connectivity index (χ2v) is 6.48. The van der Waals surface area contributed by atoms with Gasteiger partial charge in [-0.25, -0.2) is 0 Å². The Balaban J connectivity index is 1.93. The van der Waals surface area contributed by atoms with Crippen LogP contribution in [0.3, 0.4) is 0 Å². The van der Waals surface area contributed by atoms with Crippen LogP contribution >= 0.6 is 0 Å². The number of hydrogen-bond acceptors (Lipinski definition) is 4. The first-order chi connectivity index (χ1) is 13.5. The molecule has 0 aliphatic carbocycles. The van der Waals surface area contributed by atoms with Gasteiger partial charge in [0.15, 0.2) is 11.9 Å². The number of hydrogen-bond donors (Lipinski definition) is 8. The molecular weight excluding hydrogens is 356 g/mol. The van der Waals surface area contributed by atoms with Crippen molar-refractivity contribution in [3.63, 3.8) is 0 Å². The third kappa shape index (κ3) is 11.6. The number of rotatable bonds is 14. The predicted molar refractivity (Wildman–Crippen MR) is 114 cm³/mol. The Hall–Kier alpha value is -2.97. The third-order valence-electron chi connectivity index (χ3n) is 4.06. The van der Waals surface area contributed by atoms with Gasteiger partial charge in [-0.1, -0.05) is 25.7 Å². The molecule has 1 rings (SSSR count). The molecule has 0 aliphatic rings. The van der Waals surface area contributed by atoms with Gasteiger partial charge < -0.3 is 32.2 Å². The molecule has 9 heteroatoms. The van der Waals surface area contributed by atoms with Gasteiger partial charge in [-0.3, -0.25) is 16.2 Å². The smallest absolute Gasteiger partial charge is 0.188 e. The van der Waals surface area contributed by atoms with Crippen LogP contribution in [-0.4, -0.2) is 44.0 Å². The van der Waals surface area contributed by atoms with Crippen LogP contribution in [-0.2, 0) is 0 Å². The van der Waals surface area contributed by atoms with Crippen molar-refractivity contribution in [2.24, 2.45) is 11.5 Å². The van der Waals surface area contributed by atoms with Crippen molar-refractivity contribution in [2.45, 2.75) is 38.5 Å². The van der Waals surface area contributed by atoms with Crippen molar-refractivity contribution in [3.05, 3.63) is 29.8 Å². The van der Waals surface area contributed by atoms with Crippen LogP contribution in [0.25, 0.3) is 0 Å². The summed E-state index contributed by atoms with van der Waals surface area (Å²) in [6.45, 7) is 2.54. The number of nitrogen functional groups attached to an aromatic ring is 1. The number of unbranched alkanes of at least 4 members (excludes halogenated alkanes) is 5. The highest BCUT2D eigenvalue weighted by Crippen LogP contribution is 2.11. The minimum atomic E-state index is 0.0368. The van der Waals surface area contributed by atoms with Crippen molar-refractivity contribution >= 4 is 17.8 Å². The predicted octanol–water partition coefficient (Wildman–Crippen LogP) is 1.29. The fraction of sp³-hybridized carbons (Fsp3) is 0.526. The van der Waals surface area contributed by atoms with E-state index >= 15 is 0 Å². The monoisotopic (exact) mass is 390 g/mol.